The lowest BCUT2D eigenvalue weighted by molar-refractivity contribution is -0.139. The molecule has 27 heavy (non-hydrogen) atoms. The van der Waals surface area contributed by atoms with Crippen molar-refractivity contribution in [2.45, 2.75) is 24.4 Å². The molecule has 0 aliphatic heterocycles. The molecular weight excluding hydrogens is 377 g/mol. The van der Waals surface area contributed by atoms with Crippen molar-refractivity contribution >= 4 is 17.7 Å². The molecule has 0 aromatic heterocycles. The molecule has 0 bridgehead atoms. The Balaban J connectivity index is 2.05. The van der Waals surface area contributed by atoms with Crippen LogP contribution in [0.5, 0.6) is 5.75 Å². The van der Waals surface area contributed by atoms with E-state index in [4.69, 9.17) is 9.84 Å². The van der Waals surface area contributed by atoms with Gasteiger partial charge in [0, 0.05) is 10.5 Å². The third kappa shape index (κ3) is 6.26. The molecular formula is C20H17F3O3S. The normalized spacial score (nSPS) is 10.8. The lowest BCUT2D eigenvalue weighted by Crippen LogP contribution is -2.10. The topological polar surface area (TPSA) is 46.5 Å². The maximum absolute atomic E-state index is 12.9. The van der Waals surface area contributed by atoms with Gasteiger partial charge in [-0.3, -0.25) is 0 Å². The van der Waals surface area contributed by atoms with Gasteiger partial charge in [0.1, 0.15) is 5.75 Å². The molecule has 0 fully saturated rings. The number of carboxylic acid groups (broad SMARTS) is 1. The molecule has 0 unspecified atom stereocenters. The van der Waals surface area contributed by atoms with E-state index in [1.54, 1.807) is 12.1 Å². The molecule has 0 radical (unpaired) electrons. The summed E-state index contributed by atoms with van der Waals surface area (Å²) in [6, 6.07) is 10.6. The lowest BCUT2D eigenvalue weighted by atomic mass is 10.1. The second kappa shape index (κ2) is 9.38. The Morgan fingerprint density at radius 1 is 1.22 bits per heavy atom. The summed E-state index contributed by atoms with van der Waals surface area (Å²) in [5.41, 5.74) is 0.0737. The zero-order chi connectivity index (χ0) is 19.9. The zero-order valence-electron chi connectivity index (χ0n) is 14.5. The molecule has 7 heteroatoms. The van der Waals surface area contributed by atoms with Gasteiger partial charge in [-0.15, -0.1) is 11.8 Å². The van der Waals surface area contributed by atoms with Crippen LogP contribution in [0.15, 0.2) is 47.4 Å². The molecule has 2 aromatic rings. The van der Waals surface area contributed by atoms with Crippen molar-refractivity contribution in [3.05, 3.63) is 59.2 Å². The molecule has 0 atom stereocenters. The van der Waals surface area contributed by atoms with E-state index >= 15 is 0 Å². The monoisotopic (exact) mass is 394 g/mol. The molecule has 0 heterocycles. The number of halogens is 3. The predicted octanol–water partition coefficient (Wildman–Crippen LogP) is 4.88. The zero-order valence-corrected chi connectivity index (χ0v) is 15.3. The van der Waals surface area contributed by atoms with E-state index in [0.29, 0.717) is 17.9 Å². The van der Waals surface area contributed by atoms with E-state index in [1.807, 2.05) is 13.0 Å². The van der Waals surface area contributed by atoms with Gasteiger partial charge in [-0.25, -0.2) is 4.79 Å². The number of alkyl halides is 3. The minimum absolute atomic E-state index is 0.0442. The van der Waals surface area contributed by atoms with E-state index in [1.165, 1.54) is 30.0 Å². The Labute approximate surface area is 159 Å². The Kier molecular flexibility index (Phi) is 7.19. The minimum atomic E-state index is -4.43. The van der Waals surface area contributed by atoms with E-state index < -0.39 is 24.3 Å². The standard InChI is InChI=1S/C20H17F3O3S/c1-2-14-12-16(9-10-18(14)26-13-19(24)25)27-11-5-7-15-6-3-4-8-17(15)20(21,22)23/h3-4,6,8-10,12H,2,11,13H2,1H3,(H,24,25). The Morgan fingerprint density at radius 3 is 2.63 bits per heavy atom. The molecule has 0 spiro atoms. The van der Waals surface area contributed by atoms with Crippen molar-refractivity contribution in [3.63, 3.8) is 0 Å². The van der Waals surface area contributed by atoms with Crippen molar-refractivity contribution in [2.75, 3.05) is 12.4 Å². The van der Waals surface area contributed by atoms with Crippen molar-refractivity contribution in [2.24, 2.45) is 0 Å². The third-order valence-corrected chi connectivity index (χ3v) is 4.41. The molecule has 0 saturated heterocycles. The maximum Gasteiger partial charge on any atom is 0.417 e. The summed E-state index contributed by atoms with van der Waals surface area (Å²) in [5, 5.41) is 8.69. The van der Waals surface area contributed by atoms with Gasteiger partial charge in [0.2, 0.25) is 0 Å². The van der Waals surface area contributed by atoms with Crippen molar-refractivity contribution in [3.8, 4) is 17.6 Å². The predicted molar refractivity (Wildman–Crippen MR) is 98.0 cm³/mol. The van der Waals surface area contributed by atoms with Crippen LogP contribution in [0.4, 0.5) is 13.2 Å². The van der Waals surface area contributed by atoms with Gasteiger partial charge in [-0.2, -0.15) is 13.2 Å². The summed E-state index contributed by atoms with van der Waals surface area (Å²) >= 11 is 1.39. The molecule has 1 N–H and O–H groups in total. The molecule has 142 valence electrons. The maximum atomic E-state index is 12.9. The van der Waals surface area contributed by atoms with Gasteiger partial charge in [-0.1, -0.05) is 30.9 Å². The first-order valence-corrected chi connectivity index (χ1v) is 9.05. The molecule has 0 aliphatic carbocycles. The second-order valence-electron chi connectivity index (χ2n) is 5.44. The number of benzene rings is 2. The lowest BCUT2D eigenvalue weighted by Gasteiger charge is -2.10. The van der Waals surface area contributed by atoms with E-state index in [2.05, 4.69) is 11.8 Å². The molecule has 3 nitrogen and oxygen atoms in total. The summed E-state index contributed by atoms with van der Waals surface area (Å²) in [7, 11) is 0. The molecule has 2 rings (SSSR count). The van der Waals surface area contributed by atoms with Gasteiger partial charge < -0.3 is 9.84 Å². The third-order valence-electron chi connectivity index (χ3n) is 3.53. The Hall–Kier alpha value is -2.59. The van der Waals surface area contributed by atoms with Crippen LogP contribution >= 0.6 is 11.8 Å². The first-order chi connectivity index (χ1) is 12.8. The number of aliphatic carboxylic acids is 1. The average molecular weight is 394 g/mol. The number of carbonyl (C=O) groups is 1. The van der Waals surface area contributed by atoms with Crippen LogP contribution in [-0.2, 0) is 17.4 Å². The average Bonchev–Trinajstić information content (AvgIpc) is 2.63. The molecule has 0 amide bonds. The summed E-state index contributed by atoms with van der Waals surface area (Å²) in [4.78, 5) is 11.5. The number of hydrogen-bond donors (Lipinski definition) is 1. The summed E-state index contributed by atoms with van der Waals surface area (Å²) in [6.45, 7) is 1.51. The summed E-state index contributed by atoms with van der Waals surface area (Å²) in [6.07, 6.45) is -3.77. The van der Waals surface area contributed by atoms with Crippen LogP contribution < -0.4 is 4.74 Å². The number of hydrogen-bond acceptors (Lipinski definition) is 3. The second-order valence-corrected chi connectivity index (χ2v) is 6.49. The van der Waals surface area contributed by atoms with Crippen LogP contribution in [0.3, 0.4) is 0 Å². The smallest absolute Gasteiger partial charge is 0.417 e. The van der Waals surface area contributed by atoms with Crippen molar-refractivity contribution in [1.82, 2.24) is 0 Å². The number of thioether (sulfide) groups is 1. The van der Waals surface area contributed by atoms with Crippen molar-refractivity contribution < 1.29 is 27.8 Å². The van der Waals surface area contributed by atoms with E-state index in [-0.39, 0.29) is 5.56 Å². The molecule has 0 saturated carbocycles. The first kappa shape index (κ1) is 20.7. The fourth-order valence-electron chi connectivity index (χ4n) is 2.29. The van der Waals surface area contributed by atoms with E-state index in [0.717, 1.165) is 16.5 Å². The summed E-state index contributed by atoms with van der Waals surface area (Å²) in [5.74, 6) is 5.12. The van der Waals surface area contributed by atoms with Gasteiger partial charge in [0.25, 0.3) is 0 Å². The number of aryl methyl sites for hydroxylation is 1. The summed E-state index contributed by atoms with van der Waals surface area (Å²) < 4.78 is 44.0. The Bertz CT molecular complexity index is 867. The molecule has 0 aliphatic rings. The number of ether oxygens (including phenoxy) is 1. The van der Waals surface area contributed by atoms with Crippen molar-refractivity contribution in [1.29, 1.82) is 0 Å². The highest BCUT2D eigenvalue weighted by Gasteiger charge is 2.32. The Morgan fingerprint density at radius 2 is 1.96 bits per heavy atom. The van der Waals surface area contributed by atoms with Gasteiger partial charge >= 0.3 is 12.1 Å². The van der Waals surface area contributed by atoms with Crippen LogP contribution in [-0.4, -0.2) is 23.4 Å². The van der Waals surface area contributed by atoms with Crippen LogP contribution in [0.25, 0.3) is 0 Å². The highest BCUT2D eigenvalue weighted by atomic mass is 32.2. The van der Waals surface area contributed by atoms with Gasteiger partial charge in [-0.05, 0) is 42.3 Å². The van der Waals surface area contributed by atoms with Gasteiger partial charge in [0.05, 0.1) is 11.3 Å². The first-order valence-electron chi connectivity index (χ1n) is 8.06. The molecule has 2 aromatic carbocycles. The fraction of sp³-hybridized carbons (Fsp3) is 0.250. The minimum Gasteiger partial charge on any atom is -0.482 e. The number of rotatable bonds is 6. The number of carboxylic acids is 1. The van der Waals surface area contributed by atoms with Gasteiger partial charge in [0.15, 0.2) is 6.61 Å². The van der Waals surface area contributed by atoms with Crippen LogP contribution in [0.2, 0.25) is 0 Å². The van der Waals surface area contributed by atoms with Crippen LogP contribution in [0.1, 0.15) is 23.6 Å². The van der Waals surface area contributed by atoms with E-state index in [9.17, 15) is 18.0 Å². The largest absolute Gasteiger partial charge is 0.482 e. The fourth-order valence-corrected chi connectivity index (χ4v) is 2.99. The SMILES string of the molecule is CCc1cc(SCC#Cc2ccccc2C(F)(F)F)ccc1OCC(=O)O. The van der Waals surface area contributed by atoms with Crippen LogP contribution in [0, 0.1) is 11.8 Å². The highest BCUT2D eigenvalue weighted by molar-refractivity contribution is 7.99. The highest BCUT2D eigenvalue weighted by Crippen LogP contribution is 2.31. The quantitative estimate of drug-likeness (QED) is 0.561.